The molecule has 0 aliphatic carbocycles. The van der Waals surface area contributed by atoms with Gasteiger partial charge in [0.1, 0.15) is 5.92 Å². The molecule has 1 unspecified atom stereocenters. The van der Waals surface area contributed by atoms with Crippen molar-refractivity contribution in [3.63, 3.8) is 0 Å². The Hall–Kier alpha value is -1.34. The third-order valence-corrected chi connectivity index (χ3v) is 4.37. The molecule has 2 rings (SSSR count). The zero-order chi connectivity index (χ0) is 15.6. The second kappa shape index (κ2) is 6.62. The van der Waals surface area contributed by atoms with E-state index in [1.165, 1.54) is 0 Å². The summed E-state index contributed by atoms with van der Waals surface area (Å²) in [5, 5.41) is 10.1. The fraction of sp³-hybridized carbons (Fsp3) is 0.125. The maximum absolute atomic E-state index is 12.6. The van der Waals surface area contributed by atoms with E-state index in [1.54, 1.807) is 24.3 Å². The van der Waals surface area contributed by atoms with Gasteiger partial charge in [-0.2, -0.15) is 5.26 Å². The van der Waals surface area contributed by atoms with E-state index >= 15 is 0 Å². The Morgan fingerprint density at radius 3 is 2.52 bits per heavy atom. The molecule has 0 saturated carbocycles. The maximum Gasteiger partial charge on any atom is 0.184 e. The van der Waals surface area contributed by atoms with Gasteiger partial charge in [-0.1, -0.05) is 51.3 Å². The monoisotopic (exact) mass is 381 g/mol. The molecule has 21 heavy (non-hydrogen) atoms. The van der Waals surface area contributed by atoms with Gasteiger partial charge in [0.25, 0.3) is 0 Å². The van der Waals surface area contributed by atoms with Gasteiger partial charge >= 0.3 is 0 Å². The number of carbonyl (C=O) groups is 1. The van der Waals surface area contributed by atoms with Crippen LogP contribution in [0.5, 0.6) is 0 Å². The first-order valence-electron chi connectivity index (χ1n) is 6.09. The number of halogens is 3. The Morgan fingerprint density at radius 2 is 1.90 bits per heavy atom. The Balaban J connectivity index is 2.46. The summed E-state index contributed by atoms with van der Waals surface area (Å²) in [5.74, 6) is -1.16. The molecular weight excluding hydrogens is 373 g/mol. The molecule has 1 atom stereocenters. The number of nitriles is 1. The average Bonchev–Trinajstić information content (AvgIpc) is 2.46. The molecule has 0 aliphatic heterocycles. The van der Waals surface area contributed by atoms with Crippen molar-refractivity contribution in [1.29, 1.82) is 5.26 Å². The Morgan fingerprint density at radius 1 is 1.19 bits per heavy atom. The van der Waals surface area contributed by atoms with E-state index in [9.17, 15) is 10.1 Å². The highest BCUT2D eigenvalue weighted by Gasteiger charge is 2.24. The predicted molar refractivity (Wildman–Crippen MR) is 88.0 cm³/mol. The van der Waals surface area contributed by atoms with E-state index in [-0.39, 0.29) is 5.78 Å². The molecule has 2 aromatic carbocycles. The summed E-state index contributed by atoms with van der Waals surface area (Å²) in [6, 6.07) is 12.2. The van der Waals surface area contributed by atoms with Gasteiger partial charge in [-0.15, -0.1) is 0 Å². The third-order valence-electron chi connectivity index (χ3n) is 3.13. The molecule has 0 aliphatic rings. The summed E-state index contributed by atoms with van der Waals surface area (Å²) in [4.78, 5) is 12.6. The maximum atomic E-state index is 12.6. The lowest BCUT2D eigenvalue weighted by Crippen LogP contribution is -2.12. The molecule has 0 aromatic heterocycles. The number of ketones is 1. The van der Waals surface area contributed by atoms with Crippen molar-refractivity contribution in [2.75, 3.05) is 0 Å². The molecular formula is C16H10BrCl2NO. The molecule has 0 bridgehead atoms. The van der Waals surface area contributed by atoms with Crippen LogP contribution in [0.1, 0.15) is 27.4 Å². The quantitative estimate of drug-likeness (QED) is 0.652. The van der Waals surface area contributed by atoms with Crippen molar-refractivity contribution >= 4 is 44.9 Å². The van der Waals surface area contributed by atoms with Gasteiger partial charge < -0.3 is 0 Å². The Bertz CT molecular complexity index is 752. The lowest BCUT2D eigenvalue weighted by molar-refractivity contribution is 0.0978. The Kier molecular flexibility index (Phi) is 5.05. The number of benzene rings is 2. The van der Waals surface area contributed by atoms with E-state index in [2.05, 4.69) is 15.9 Å². The van der Waals surface area contributed by atoms with Gasteiger partial charge in [-0.3, -0.25) is 4.79 Å². The highest BCUT2D eigenvalue weighted by molar-refractivity contribution is 9.10. The number of hydrogen-bond donors (Lipinski definition) is 0. The van der Waals surface area contributed by atoms with Gasteiger partial charge in [-0.25, -0.2) is 0 Å². The van der Waals surface area contributed by atoms with Gasteiger partial charge in [0.05, 0.1) is 16.1 Å². The fourth-order valence-electron chi connectivity index (χ4n) is 1.99. The summed E-state index contributed by atoms with van der Waals surface area (Å²) in [6.45, 7) is 1.84. The molecule has 5 heteroatoms. The highest BCUT2D eigenvalue weighted by atomic mass is 79.9. The van der Waals surface area contributed by atoms with Crippen molar-refractivity contribution < 1.29 is 4.79 Å². The number of aryl methyl sites for hydroxylation is 1. The number of nitrogens with zero attached hydrogens (tertiary/aromatic N) is 1. The first kappa shape index (κ1) is 16.0. The van der Waals surface area contributed by atoms with Crippen LogP contribution in [0.3, 0.4) is 0 Å². The molecule has 0 N–H and O–H groups in total. The van der Waals surface area contributed by atoms with Crippen molar-refractivity contribution in [2.24, 2.45) is 0 Å². The standard InChI is InChI=1S/C16H10BrCl2NO/c1-9-2-4-11(17)7-12(9)16(21)13(8-20)10-3-5-14(18)15(19)6-10/h2-7,13H,1H3. The van der Waals surface area contributed by atoms with E-state index < -0.39 is 5.92 Å². The van der Waals surface area contributed by atoms with Crippen LogP contribution in [0, 0.1) is 18.3 Å². The summed E-state index contributed by atoms with van der Waals surface area (Å²) < 4.78 is 0.794. The van der Waals surface area contributed by atoms with E-state index in [4.69, 9.17) is 23.2 Å². The lowest BCUT2D eigenvalue weighted by Gasteiger charge is -2.12. The predicted octanol–water partition coefficient (Wildman–Crippen LogP) is 5.55. The molecule has 106 valence electrons. The van der Waals surface area contributed by atoms with Crippen molar-refractivity contribution in [3.8, 4) is 6.07 Å². The SMILES string of the molecule is Cc1ccc(Br)cc1C(=O)C(C#N)c1ccc(Cl)c(Cl)c1. The summed E-state index contributed by atoms with van der Waals surface area (Å²) >= 11 is 15.2. The first-order chi connectivity index (χ1) is 9.93. The summed E-state index contributed by atoms with van der Waals surface area (Å²) in [7, 11) is 0. The Labute approximate surface area is 141 Å². The van der Waals surface area contributed by atoms with Crippen LogP contribution >= 0.6 is 39.1 Å². The van der Waals surface area contributed by atoms with Gasteiger partial charge in [-0.05, 0) is 42.3 Å². The van der Waals surface area contributed by atoms with Crippen molar-refractivity contribution in [3.05, 3.63) is 67.6 Å². The van der Waals surface area contributed by atoms with Crippen LogP contribution in [0.25, 0.3) is 0 Å². The van der Waals surface area contributed by atoms with Crippen molar-refractivity contribution in [2.45, 2.75) is 12.8 Å². The fourth-order valence-corrected chi connectivity index (χ4v) is 2.66. The molecule has 0 heterocycles. The van der Waals surface area contributed by atoms with Crippen LogP contribution in [0.2, 0.25) is 10.0 Å². The van der Waals surface area contributed by atoms with Crippen LogP contribution in [-0.2, 0) is 0 Å². The normalized spacial score (nSPS) is 11.8. The topological polar surface area (TPSA) is 40.9 Å². The third kappa shape index (κ3) is 3.47. The highest BCUT2D eigenvalue weighted by Crippen LogP contribution is 2.29. The smallest absolute Gasteiger partial charge is 0.184 e. The van der Waals surface area contributed by atoms with E-state index in [1.807, 2.05) is 25.1 Å². The average molecular weight is 383 g/mol. The molecule has 0 amide bonds. The summed E-state index contributed by atoms with van der Waals surface area (Å²) in [5.41, 5.74) is 1.88. The van der Waals surface area contributed by atoms with Crippen LogP contribution in [0.4, 0.5) is 0 Å². The minimum absolute atomic E-state index is 0.255. The van der Waals surface area contributed by atoms with Crippen LogP contribution in [-0.4, -0.2) is 5.78 Å². The molecule has 0 radical (unpaired) electrons. The molecule has 2 nitrogen and oxygen atoms in total. The minimum atomic E-state index is -0.909. The summed E-state index contributed by atoms with van der Waals surface area (Å²) in [6.07, 6.45) is 0. The molecule has 0 saturated heterocycles. The van der Waals surface area contributed by atoms with Crippen molar-refractivity contribution in [1.82, 2.24) is 0 Å². The lowest BCUT2D eigenvalue weighted by atomic mass is 9.90. The molecule has 0 fully saturated rings. The first-order valence-corrected chi connectivity index (χ1v) is 7.64. The van der Waals surface area contributed by atoms with Crippen LogP contribution in [0.15, 0.2) is 40.9 Å². The zero-order valence-corrected chi connectivity index (χ0v) is 14.1. The van der Waals surface area contributed by atoms with Gasteiger partial charge in [0.2, 0.25) is 0 Å². The molecule has 2 aromatic rings. The second-order valence-electron chi connectivity index (χ2n) is 4.56. The van der Waals surface area contributed by atoms with Gasteiger partial charge in [0.15, 0.2) is 5.78 Å². The number of Topliss-reactive ketones (excluding diaryl/α,β-unsaturated/α-hetero) is 1. The minimum Gasteiger partial charge on any atom is -0.292 e. The van der Waals surface area contributed by atoms with Gasteiger partial charge in [0, 0.05) is 10.0 Å². The second-order valence-corrected chi connectivity index (χ2v) is 6.29. The van der Waals surface area contributed by atoms with E-state index in [0.717, 1.165) is 10.0 Å². The number of carbonyl (C=O) groups excluding carboxylic acids is 1. The zero-order valence-electron chi connectivity index (χ0n) is 11.0. The number of rotatable bonds is 3. The van der Waals surface area contributed by atoms with Crippen LogP contribution < -0.4 is 0 Å². The largest absolute Gasteiger partial charge is 0.292 e. The number of hydrogen-bond acceptors (Lipinski definition) is 2. The molecule has 0 spiro atoms. The van der Waals surface area contributed by atoms with E-state index in [0.29, 0.717) is 21.2 Å².